The molecular weight excluding hydrogens is 290 g/mol. The Morgan fingerprint density at radius 2 is 1.86 bits per heavy atom. The van der Waals surface area contributed by atoms with Crippen LogP contribution >= 0.6 is 11.6 Å². The minimum Gasteiger partial charge on any atom is -0.478 e. The van der Waals surface area contributed by atoms with Crippen LogP contribution in [0, 0.1) is 0 Å². The summed E-state index contributed by atoms with van der Waals surface area (Å²) in [6.45, 7) is 0. The van der Waals surface area contributed by atoms with Crippen LogP contribution in [-0.2, 0) is 0 Å². The summed E-state index contributed by atoms with van der Waals surface area (Å²) in [7, 11) is 0. The first-order valence-corrected chi connectivity index (χ1v) is 6.53. The number of aromatic carboxylic acids is 1. The minimum atomic E-state index is -1.04. The first-order valence-electron chi connectivity index (χ1n) is 6.15. The van der Waals surface area contributed by atoms with Gasteiger partial charge in [0.2, 0.25) is 0 Å². The smallest absolute Gasteiger partial charge is 0.339 e. The monoisotopic (exact) mass is 299 g/mol. The van der Waals surface area contributed by atoms with Crippen LogP contribution in [-0.4, -0.2) is 25.8 Å². The van der Waals surface area contributed by atoms with Crippen LogP contribution in [0.4, 0.5) is 0 Å². The minimum absolute atomic E-state index is 0.112. The Morgan fingerprint density at radius 3 is 2.52 bits per heavy atom. The number of pyridine rings is 1. The van der Waals surface area contributed by atoms with Crippen LogP contribution in [0.25, 0.3) is 16.9 Å². The zero-order chi connectivity index (χ0) is 14.8. The zero-order valence-electron chi connectivity index (χ0n) is 10.8. The maximum atomic E-state index is 11.4. The van der Waals surface area contributed by atoms with Crippen molar-refractivity contribution in [3.63, 3.8) is 0 Å². The Bertz CT molecular complexity index is 800. The van der Waals surface area contributed by atoms with E-state index in [0.717, 1.165) is 0 Å². The SMILES string of the molecule is O=C(O)c1cn(-c2ccccc2Cl)nc1-c1ccncc1. The normalized spacial score (nSPS) is 10.5. The first-order chi connectivity index (χ1) is 10.2. The van der Waals surface area contributed by atoms with E-state index in [1.807, 2.05) is 6.07 Å². The molecule has 104 valence electrons. The summed E-state index contributed by atoms with van der Waals surface area (Å²) in [4.78, 5) is 15.3. The number of carboxylic acid groups (broad SMARTS) is 1. The number of para-hydroxylation sites is 1. The molecule has 0 aliphatic heterocycles. The van der Waals surface area contributed by atoms with Crippen LogP contribution in [0.1, 0.15) is 10.4 Å². The van der Waals surface area contributed by atoms with E-state index in [-0.39, 0.29) is 5.56 Å². The molecule has 0 saturated carbocycles. The molecule has 0 bridgehead atoms. The van der Waals surface area contributed by atoms with E-state index in [2.05, 4.69) is 10.1 Å². The summed E-state index contributed by atoms with van der Waals surface area (Å²) in [5.74, 6) is -1.04. The van der Waals surface area contributed by atoms with Gasteiger partial charge in [-0.15, -0.1) is 0 Å². The van der Waals surface area contributed by atoms with Gasteiger partial charge in [-0.3, -0.25) is 4.98 Å². The third-order valence-corrected chi connectivity index (χ3v) is 3.32. The highest BCUT2D eigenvalue weighted by Crippen LogP contribution is 2.25. The molecule has 0 spiro atoms. The summed E-state index contributed by atoms with van der Waals surface area (Å²) in [5.41, 5.74) is 1.81. The van der Waals surface area contributed by atoms with Crippen molar-refractivity contribution in [2.24, 2.45) is 0 Å². The summed E-state index contributed by atoms with van der Waals surface area (Å²) >= 11 is 6.13. The Hall–Kier alpha value is -2.66. The summed E-state index contributed by atoms with van der Waals surface area (Å²) in [6, 6.07) is 10.5. The largest absolute Gasteiger partial charge is 0.478 e. The fourth-order valence-electron chi connectivity index (χ4n) is 2.01. The quantitative estimate of drug-likeness (QED) is 0.806. The maximum Gasteiger partial charge on any atom is 0.339 e. The lowest BCUT2D eigenvalue weighted by Crippen LogP contribution is -1.96. The van der Waals surface area contributed by atoms with Crippen molar-refractivity contribution in [3.05, 3.63) is 65.6 Å². The molecule has 0 aliphatic carbocycles. The highest BCUT2D eigenvalue weighted by molar-refractivity contribution is 6.32. The van der Waals surface area contributed by atoms with E-state index in [0.29, 0.717) is 22.0 Å². The number of nitrogens with zero attached hydrogens (tertiary/aromatic N) is 3. The van der Waals surface area contributed by atoms with Gasteiger partial charge in [0.15, 0.2) is 0 Å². The van der Waals surface area contributed by atoms with Crippen LogP contribution < -0.4 is 0 Å². The molecule has 21 heavy (non-hydrogen) atoms. The van der Waals surface area contributed by atoms with Gasteiger partial charge in [0.1, 0.15) is 11.3 Å². The van der Waals surface area contributed by atoms with Crippen LogP contribution in [0.3, 0.4) is 0 Å². The molecule has 0 atom stereocenters. The maximum absolute atomic E-state index is 11.4. The lowest BCUT2D eigenvalue weighted by molar-refractivity contribution is 0.0697. The van der Waals surface area contributed by atoms with Gasteiger partial charge in [0.25, 0.3) is 0 Å². The fraction of sp³-hybridized carbons (Fsp3) is 0. The number of carbonyl (C=O) groups is 1. The summed E-state index contributed by atoms with van der Waals surface area (Å²) < 4.78 is 1.47. The van der Waals surface area contributed by atoms with Gasteiger partial charge in [-0.1, -0.05) is 23.7 Å². The first kappa shape index (κ1) is 13.3. The Labute approximate surface area is 125 Å². The molecule has 0 aliphatic rings. The third kappa shape index (κ3) is 2.51. The molecule has 2 heterocycles. The molecule has 0 fully saturated rings. The second kappa shape index (κ2) is 5.38. The molecular formula is C15H10ClN3O2. The van der Waals surface area contributed by atoms with Crippen LogP contribution in [0.15, 0.2) is 55.0 Å². The number of rotatable bonds is 3. The van der Waals surface area contributed by atoms with Crippen LogP contribution in [0.5, 0.6) is 0 Å². The second-order valence-electron chi connectivity index (χ2n) is 4.33. The Morgan fingerprint density at radius 1 is 1.14 bits per heavy atom. The second-order valence-corrected chi connectivity index (χ2v) is 4.74. The lowest BCUT2D eigenvalue weighted by atomic mass is 10.1. The highest BCUT2D eigenvalue weighted by Gasteiger charge is 2.18. The van der Waals surface area contributed by atoms with E-state index < -0.39 is 5.97 Å². The van der Waals surface area contributed by atoms with E-state index in [9.17, 15) is 9.90 Å². The van der Waals surface area contributed by atoms with Gasteiger partial charge in [0, 0.05) is 24.2 Å². The zero-order valence-corrected chi connectivity index (χ0v) is 11.5. The Kier molecular flexibility index (Phi) is 3.41. The van der Waals surface area contributed by atoms with Gasteiger partial charge in [-0.2, -0.15) is 5.10 Å². The number of carboxylic acids is 1. The fourth-order valence-corrected chi connectivity index (χ4v) is 2.24. The van der Waals surface area contributed by atoms with Crippen molar-refractivity contribution in [3.8, 4) is 16.9 Å². The van der Waals surface area contributed by atoms with Crippen molar-refractivity contribution in [2.45, 2.75) is 0 Å². The van der Waals surface area contributed by atoms with E-state index in [1.54, 1.807) is 42.7 Å². The van der Waals surface area contributed by atoms with Gasteiger partial charge in [0.05, 0.1) is 10.7 Å². The molecule has 3 rings (SSSR count). The average Bonchev–Trinajstić information content (AvgIpc) is 2.94. The van der Waals surface area contributed by atoms with Gasteiger partial charge >= 0.3 is 5.97 Å². The standard InChI is InChI=1S/C15H10ClN3O2/c16-12-3-1-2-4-13(12)19-9-11(15(20)21)14(18-19)10-5-7-17-8-6-10/h1-9H,(H,20,21). The third-order valence-electron chi connectivity index (χ3n) is 3.00. The number of benzene rings is 1. The van der Waals surface area contributed by atoms with Crippen molar-refractivity contribution in [2.75, 3.05) is 0 Å². The number of hydrogen-bond acceptors (Lipinski definition) is 3. The van der Waals surface area contributed by atoms with Crippen molar-refractivity contribution < 1.29 is 9.90 Å². The van der Waals surface area contributed by atoms with Crippen molar-refractivity contribution in [1.82, 2.24) is 14.8 Å². The molecule has 0 amide bonds. The predicted octanol–water partition coefficient (Wildman–Crippen LogP) is 3.29. The van der Waals surface area contributed by atoms with Crippen LogP contribution in [0.2, 0.25) is 5.02 Å². The molecule has 1 aromatic carbocycles. The van der Waals surface area contributed by atoms with Gasteiger partial charge in [-0.05, 0) is 24.3 Å². The Balaban J connectivity index is 2.18. The van der Waals surface area contributed by atoms with E-state index in [4.69, 9.17) is 11.6 Å². The summed E-state index contributed by atoms with van der Waals surface area (Å²) in [5, 5.41) is 14.2. The molecule has 3 aromatic rings. The molecule has 5 nitrogen and oxygen atoms in total. The topological polar surface area (TPSA) is 68.0 Å². The van der Waals surface area contributed by atoms with E-state index >= 15 is 0 Å². The van der Waals surface area contributed by atoms with Crippen molar-refractivity contribution >= 4 is 17.6 Å². The molecule has 0 radical (unpaired) electrons. The molecule has 0 unspecified atom stereocenters. The molecule has 0 saturated heterocycles. The molecule has 2 aromatic heterocycles. The van der Waals surface area contributed by atoms with Crippen molar-refractivity contribution in [1.29, 1.82) is 0 Å². The van der Waals surface area contributed by atoms with Gasteiger partial charge in [-0.25, -0.2) is 9.48 Å². The highest BCUT2D eigenvalue weighted by atomic mass is 35.5. The van der Waals surface area contributed by atoms with E-state index in [1.165, 1.54) is 10.9 Å². The predicted molar refractivity (Wildman–Crippen MR) is 78.8 cm³/mol. The number of aromatic nitrogens is 3. The molecule has 1 N–H and O–H groups in total. The number of halogens is 1. The molecule has 6 heteroatoms. The average molecular weight is 300 g/mol. The van der Waals surface area contributed by atoms with Gasteiger partial charge < -0.3 is 5.11 Å². The number of hydrogen-bond donors (Lipinski definition) is 1. The lowest BCUT2D eigenvalue weighted by Gasteiger charge is -2.03. The summed E-state index contributed by atoms with van der Waals surface area (Å²) in [6.07, 6.45) is 4.64.